The van der Waals surface area contributed by atoms with E-state index >= 15 is 0 Å². The van der Waals surface area contributed by atoms with Gasteiger partial charge in [0.15, 0.2) is 11.6 Å². The number of nitrogens with one attached hydrogen (secondary N) is 1. The molecular formula is C22H23FN4O2. The predicted molar refractivity (Wildman–Crippen MR) is 110 cm³/mol. The molecule has 0 saturated carbocycles. The second-order valence-corrected chi connectivity index (χ2v) is 6.86. The number of hydrogen-bond acceptors (Lipinski definition) is 4. The van der Waals surface area contributed by atoms with E-state index in [1.165, 1.54) is 18.3 Å². The van der Waals surface area contributed by atoms with Crippen molar-refractivity contribution in [1.29, 1.82) is 5.41 Å². The third-order valence-corrected chi connectivity index (χ3v) is 4.81. The van der Waals surface area contributed by atoms with Crippen molar-refractivity contribution in [1.82, 2.24) is 9.88 Å². The number of ether oxygens (including phenoxy) is 1. The predicted octanol–water partition coefficient (Wildman–Crippen LogP) is 4.39. The fraction of sp³-hybridized carbons (Fsp3) is 0.273. The molecule has 1 amide bonds. The van der Waals surface area contributed by atoms with Gasteiger partial charge in [0.1, 0.15) is 5.82 Å². The smallest absolute Gasteiger partial charge is 0.409 e. The van der Waals surface area contributed by atoms with Gasteiger partial charge in [-0.2, -0.15) is 0 Å². The number of benzene rings is 1. The highest BCUT2D eigenvalue weighted by Gasteiger charge is 2.26. The van der Waals surface area contributed by atoms with Crippen molar-refractivity contribution in [3.63, 3.8) is 0 Å². The molecule has 1 aromatic heterocycles. The first-order valence-electron chi connectivity index (χ1n) is 9.41. The van der Waals surface area contributed by atoms with E-state index in [2.05, 4.69) is 16.6 Å². The minimum atomic E-state index is -0.404. The van der Waals surface area contributed by atoms with E-state index in [9.17, 15) is 9.18 Å². The fourth-order valence-corrected chi connectivity index (χ4v) is 3.17. The lowest BCUT2D eigenvalue weighted by molar-refractivity contribution is 0.138. The normalized spacial score (nSPS) is 15.1. The average Bonchev–Trinajstić information content (AvgIpc) is 2.73. The zero-order chi connectivity index (χ0) is 20.8. The van der Waals surface area contributed by atoms with E-state index in [0.717, 1.165) is 5.69 Å². The number of aromatic nitrogens is 1. The van der Waals surface area contributed by atoms with Crippen LogP contribution in [-0.4, -0.2) is 40.6 Å². The molecule has 29 heavy (non-hydrogen) atoms. The lowest BCUT2D eigenvalue weighted by Gasteiger charge is -2.31. The maximum Gasteiger partial charge on any atom is 0.415 e. The summed E-state index contributed by atoms with van der Waals surface area (Å²) >= 11 is 0. The molecule has 2 heterocycles. The van der Waals surface area contributed by atoms with Crippen molar-refractivity contribution < 1.29 is 13.9 Å². The molecule has 150 valence electrons. The summed E-state index contributed by atoms with van der Waals surface area (Å²) in [6.07, 6.45) is 4.12. The van der Waals surface area contributed by atoms with Gasteiger partial charge in [-0.15, -0.1) is 0 Å². The van der Waals surface area contributed by atoms with Gasteiger partial charge in [-0.05, 0) is 50.1 Å². The van der Waals surface area contributed by atoms with Crippen molar-refractivity contribution in [2.75, 3.05) is 13.1 Å². The molecule has 6 nitrogen and oxygen atoms in total. The summed E-state index contributed by atoms with van der Waals surface area (Å²) in [6, 6.07) is 9.31. The van der Waals surface area contributed by atoms with Crippen LogP contribution in [0.5, 0.6) is 5.75 Å². The molecule has 1 aromatic carbocycles. The van der Waals surface area contributed by atoms with Crippen LogP contribution in [0.15, 0.2) is 60.2 Å². The van der Waals surface area contributed by atoms with Crippen molar-refractivity contribution in [3.05, 3.63) is 72.3 Å². The van der Waals surface area contributed by atoms with Crippen LogP contribution in [0.3, 0.4) is 0 Å². The number of aryl methyl sites for hydroxylation is 1. The third-order valence-electron chi connectivity index (χ3n) is 4.81. The highest BCUT2D eigenvalue weighted by molar-refractivity contribution is 6.09. The van der Waals surface area contributed by atoms with Crippen molar-refractivity contribution in [2.24, 2.45) is 10.9 Å². The van der Waals surface area contributed by atoms with Gasteiger partial charge in [-0.25, -0.2) is 14.2 Å². The van der Waals surface area contributed by atoms with Gasteiger partial charge < -0.3 is 9.64 Å². The number of likely N-dealkylation sites (tertiary alicyclic amines) is 1. The molecule has 1 aliphatic rings. The summed E-state index contributed by atoms with van der Waals surface area (Å²) in [5, 5.41) is 8.13. The first kappa shape index (κ1) is 20.4. The highest BCUT2D eigenvalue weighted by atomic mass is 19.1. The number of allylic oxidation sites excluding steroid dienone is 1. The molecule has 0 aliphatic carbocycles. The van der Waals surface area contributed by atoms with E-state index < -0.39 is 11.9 Å². The summed E-state index contributed by atoms with van der Waals surface area (Å²) in [4.78, 5) is 22.5. The number of rotatable bonds is 4. The SMILES string of the molecule is C=C/C(=N\C(=N)c1cccc(F)c1)C1CCN(C(=O)Oc2ccc(C)nc2)CC1. The molecule has 7 heteroatoms. The summed E-state index contributed by atoms with van der Waals surface area (Å²) in [6.45, 7) is 6.70. The maximum atomic E-state index is 13.4. The van der Waals surface area contributed by atoms with Crippen molar-refractivity contribution >= 4 is 17.6 Å². The Labute approximate surface area is 169 Å². The van der Waals surface area contributed by atoms with Gasteiger partial charge in [0, 0.05) is 36.0 Å². The van der Waals surface area contributed by atoms with Crippen molar-refractivity contribution in [3.8, 4) is 5.75 Å². The first-order chi connectivity index (χ1) is 14.0. The Hall–Kier alpha value is -3.35. The summed E-state index contributed by atoms with van der Waals surface area (Å²) < 4.78 is 18.7. The van der Waals surface area contributed by atoms with Gasteiger partial charge in [0.25, 0.3) is 0 Å². The molecule has 1 saturated heterocycles. The number of carbonyl (C=O) groups is 1. The van der Waals surface area contributed by atoms with E-state index in [-0.39, 0.29) is 11.8 Å². The van der Waals surface area contributed by atoms with Gasteiger partial charge >= 0.3 is 6.09 Å². The zero-order valence-corrected chi connectivity index (χ0v) is 16.3. The topological polar surface area (TPSA) is 78.6 Å². The Kier molecular flexibility index (Phi) is 6.49. The van der Waals surface area contributed by atoms with Crippen LogP contribution in [0.25, 0.3) is 0 Å². The van der Waals surface area contributed by atoms with E-state index in [4.69, 9.17) is 10.1 Å². The third kappa shape index (κ3) is 5.34. The Morgan fingerprint density at radius 3 is 2.72 bits per heavy atom. The van der Waals surface area contributed by atoms with Crippen LogP contribution in [0, 0.1) is 24.1 Å². The van der Waals surface area contributed by atoms with Gasteiger partial charge in [0.2, 0.25) is 0 Å². The number of hydrogen-bond donors (Lipinski definition) is 1. The molecule has 1 aliphatic heterocycles. The number of halogens is 1. The van der Waals surface area contributed by atoms with E-state index in [0.29, 0.717) is 43.0 Å². The molecule has 2 aromatic rings. The van der Waals surface area contributed by atoms with Crippen LogP contribution < -0.4 is 4.74 Å². The number of aliphatic imine (C=N–C) groups is 1. The largest absolute Gasteiger partial charge is 0.415 e. The van der Waals surface area contributed by atoms with E-state index in [1.54, 1.807) is 35.2 Å². The molecule has 0 unspecified atom stereocenters. The molecular weight excluding hydrogens is 371 g/mol. The lowest BCUT2D eigenvalue weighted by atomic mass is 9.92. The number of carbonyl (C=O) groups excluding carboxylic acids is 1. The average molecular weight is 394 g/mol. The van der Waals surface area contributed by atoms with Gasteiger partial charge in [0.05, 0.1) is 6.20 Å². The summed E-state index contributed by atoms with van der Waals surface area (Å²) in [7, 11) is 0. The second kappa shape index (κ2) is 9.23. The van der Waals surface area contributed by atoms with Gasteiger partial charge in [-0.3, -0.25) is 10.4 Å². The summed E-state index contributed by atoms with van der Waals surface area (Å²) in [5.41, 5.74) is 1.94. The standard InChI is InChI=1S/C22H23FN4O2/c1-3-20(26-21(24)17-5-4-6-18(23)13-17)16-9-11-27(12-10-16)22(28)29-19-8-7-15(2)25-14-19/h3-8,13-14,16,24H,1,9-12H2,2H3/b24-21?,26-20+. The van der Waals surface area contributed by atoms with Crippen LogP contribution in [0.4, 0.5) is 9.18 Å². The molecule has 1 N–H and O–H groups in total. The maximum absolute atomic E-state index is 13.4. The fourth-order valence-electron chi connectivity index (χ4n) is 3.17. The minimum Gasteiger partial charge on any atom is -0.409 e. The molecule has 0 atom stereocenters. The Morgan fingerprint density at radius 2 is 2.10 bits per heavy atom. The minimum absolute atomic E-state index is 0.00638. The van der Waals surface area contributed by atoms with E-state index in [1.807, 2.05) is 6.92 Å². The molecule has 3 rings (SSSR count). The summed E-state index contributed by atoms with van der Waals surface area (Å²) in [5.74, 6) is 0.0809. The van der Waals surface area contributed by atoms with Gasteiger partial charge in [-0.1, -0.05) is 18.7 Å². The monoisotopic (exact) mass is 394 g/mol. The first-order valence-corrected chi connectivity index (χ1v) is 9.41. The van der Waals surface area contributed by atoms with Crippen LogP contribution >= 0.6 is 0 Å². The molecule has 0 radical (unpaired) electrons. The Morgan fingerprint density at radius 1 is 1.34 bits per heavy atom. The quantitative estimate of drug-likeness (QED) is 0.617. The number of nitrogens with zero attached hydrogens (tertiary/aromatic N) is 3. The van der Waals surface area contributed by atoms with Crippen LogP contribution in [-0.2, 0) is 0 Å². The second-order valence-electron chi connectivity index (χ2n) is 6.86. The molecule has 1 fully saturated rings. The van der Waals surface area contributed by atoms with Crippen LogP contribution in [0.2, 0.25) is 0 Å². The van der Waals surface area contributed by atoms with Crippen LogP contribution in [0.1, 0.15) is 24.1 Å². The number of pyridine rings is 1. The highest BCUT2D eigenvalue weighted by Crippen LogP contribution is 2.21. The van der Waals surface area contributed by atoms with Crippen molar-refractivity contribution in [2.45, 2.75) is 19.8 Å². The number of amides is 1. The number of piperidine rings is 1. The zero-order valence-electron chi connectivity index (χ0n) is 16.3. The number of amidine groups is 1. The Balaban J connectivity index is 1.59. The lowest BCUT2D eigenvalue weighted by Crippen LogP contribution is -2.41. The molecule has 0 spiro atoms. The molecule has 0 bridgehead atoms. The Bertz CT molecular complexity index is 932.